The lowest BCUT2D eigenvalue weighted by atomic mass is 10.0. The van der Waals surface area contributed by atoms with E-state index in [1.54, 1.807) is 18.9 Å². The van der Waals surface area contributed by atoms with Crippen LogP contribution in [0.4, 0.5) is 0 Å². The molecule has 4 heteroatoms. The number of ether oxygens (including phenoxy) is 1. The van der Waals surface area contributed by atoms with E-state index in [0.717, 1.165) is 24.3 Å². The van der Waals surface area contributed by atoms with Gasteiger partial charge in [-0.2, -0.15) is 0 Å². The van der Waals surface area contributed by atoms with Crippen molar-refractivity contribution in [2.24, 2.45) is 0 Å². The van der Waals surface area contributed by atoms with E-state index in [2.05, 4.69) is 17.4 Å². The highest BCUT2D eigenvalue weighted by Crippen LogP contribution is 2.22. The van der Waals surface area contributed by atoms with Gasteiger partial charge in [-0.25, -0.2) is 0 Å². The SMILES string of the molecule is CNCCN(C)C(=O)C(C)Oc1ccccc1Cc1ccccc1. The van der Waals surface area contributed by atoms with E-state index in [0.29, 0.717) is 6.54 Å². The van der Waals surface area contributed by atoms with Crippen LogP contribution in [0.25, 0.3) is 0 Å². The van der Waals surface area contributed by atoms with E-state index in [1.165, 1.54) is 5.56 Å². The molecule has 1 amide bonds. The Morgan fingerprint density at radius 3 is 2.50 bits per heavy atom. The lowest BCUT2D eigenvalue weighted by molar-refractivity contribution is -0.136. The summed E-state index contributed by atoms with van der Waals surface area (Å²) in [5.41, 5.74) is 2.31. The Morgan fingerprint density at radius 1 is 1.12 bits per heavy atom. The maximum absolute atomic E-state index is 12.4. The summed E-state index contributed by atoms with van der Waals surface area (Å²) in [7, 11) is 3.67. The van der Waals surface area contributed by atoms with Gasteiger partial charge in [0.2, 0.25) is 0 Å². The zero-order valence-corrected chi connectivity index (χ0v) is 14.7. The molecule has 0 aromatic heterocycles. The van der Waals surface area contributed by atoms with Crippen LogP contribution in [-0.2, 0) is 11.2 Å². The Morgan fingerprint density at radius 2 is 1.79 bits per heavy atom. The maximum Gasteiger partial charge on any atom is 0.263 e. The number of hydrogen-bond donors (Lipinski definition) is 1. The number of carbonyl (C=O) groups is 1. The van der Waals surface area contributed by atoms with Gasteiger partial charge in [0.1, 0.15) is 5.75 Å². The van der Waals surface area contributed by atoms with Crippen molar-refractivity contribution in [3.05, 3.63) is 65.7 Å². The predicted molar refractivity (Wildman–Crippen MR) is 97.3 cm³/mol. The molecule has 0 bridgehead atoms. The molecule has 4 nitrogen and oxygen atoms in total. The monoisotopic (exact) mass is 326 g/mol. The zero-order valence-electron chi connectivity index (χ0n) is 14.7. The molecule has 2 aromatic carbocycles. The van der Waals surface area contributed by atoms with Crippen LogP contribution in [0.1, 0.15) is 18.1 Å². The molecule has 0 fully saturated rings. The normalized spacial score (nSPS) is 11.8. The average Bonchev–Trinajstić information content (AvgIpc) is 2.61. The molecule has 0 spiro atoms. The molecule has 0 radical (unpaired) electrons. The van der Waals surface area contributed by atoms with E-state index in [1.807, 2.05) is 49.5 Å². The Hall–Kier alpha value is -2.33. The lowest BCUT2D eigenvalue weighted by Crippen LogP contribution is -2.40. The van der Waals surface area contributed by atoms with Gasteiger partial charge >= 0.3 is 0 Å². The molecule has 2 rings (SSSR count). The molecule has 0 aliphatic rings. The molecule has 2 aromatic rings. The van der Waals surface area contributed by atoms with Gasteiger partial charge in [0.05, 0.1) is 0 Å². The second-order valence-corrected chi connectivity index (χ2v) is 5.89. The topological polar surface area (TPSA) is 41.6 Å². The van der Waals surface area contributed by atoms with Crippen LogP contribution in [0, 0.1) is 0 Å². The highest BCUT2D eigenvalue weighted by molar-refractivity contribution is 5.80. The number of carbonyl (C=O) groups excluding carboxylic acids is 1. The van der Waals surface area contributed by atoms with E-state index < -0.39 is 6.10 Å². The Kier molecular flexibility index (Phi) is 6.82. The van der Waals surface area contributed by atoms with E-state index in [-0.39, 0.29) is 5.91 Å². The highest BCUT2D eigenvalue weighted by atomic mass is 16.5. The fourth-order valence-corrected chi connectivity index (χ4v) is 2.52. The van der Waals surface area contributed by atoms with Gasteiger partial charge in [-0.15, -0.1) is 0 Å². The smallest absolute Gasteiger partial charge is 0.263 e. The molecular formula is C20H26N2O2. The van der Waals surface area contributed by atoms with Crippen molar-refractivity contribution in [3.8, 4) is 5.75 Å². The molecule has 1 atom stereocenters. The minimum Gasteiger partial charge on any atom is -0.481 e. The minimum atomic E-state index is -0.510. The highest BCUT2D eigenvalue weighted by Gasteiger charge is 2.19. The van der Waals surface area contributed by atoms with E-state index >= 15 is 0 Å². The standard InChI is InChI=1S/C20H26N2O2/c1-16(20(23)22(3)14-13-21-2)24-19-12-8-7-11-18(19)15-17-9-5-4-6-10-17/h4-12,16,21H,13-15H2,1-3H3. The van der Waals surface area contributed by atoms with Gasteiger partial charge in [-0.1, -0.05) is 48.5 Å². The maximum atomic E-state index is 12.4. The quantitative estimate of drug-likeness (QED) is 0.811. The molecule has 24 heavy (non-hydrogen) atoms. The Balaban J connectivity index is 2.05. The van der Waals surface area contributed by atoms with Gasteiger partial charge in [0.15, 0.2) is 6.10 Å². The summed E-state index contributed by atoms with van der Waals surface area (Å²) in [5.74, 6) is 0.754. The first-order valence-electron chi connectivity index (χ1n) is 8.30. The van der Waals surface area contributed by atoms with Crippen molar-refractivity contribution in [1.29, 1.82) is 0 Å². The summed E-state index contributed by atoms with van der Waals surface area (Å²) in [6.45, 7) is 3.23. The third kappa shape index (κ3) is 5.10. The summed E-state index contributed by atoms with van der Waals surface area (Å²) < 4.78 is 5.97. The number of rotatable bonds is 8. The fourth-order valence-electron chi connectivity index (χ4n) is 2.52. The van der Waals surface area contributed by atoms with Crippen molar-refractivity contribution >= 4 is 5.91 Å². The lowest BCUT2D eigenvalue weighted by Gasteiger charge is -2.23. The summed E-state index contributed by atoms with van der Waals surface area (Å²) in [5, 5.41) is 3.04. The molecule has 1 N–H and O–H groups in total. The van der Waals surface area contributed by atoms with Crippen LogP contribution < -0.4 is 10.1 Å². The van der Waals surface area contributed by atoms with Crippen LogP contribution in [0.3, 0.4) is 0 Å². The molecule has 128 valence electrons. The van der Waals surface area contributed by atoms with Crippen LogP contribution in [0.15, 0.2) is 54.6 Å². The summed E-state index contributed by atoms with van der Waals surface area (Å²) in [6, 6.07) is 18.2. The zero-order chi connectivity index (χ0) is 17.4. The largest absolute Gasteiger partial charge is 0.481 e. The molecule has 0 heterocycles. The minimum absolute atomic E-state index is 0.0141. The van der Waals surface area contributed by atoms with Crippen LogP contribution >= 0.6 is 0 Å². The van der Waals surface area contributed by atoms with Crippen LogP contribution in [0.2, 0.25) is 0 Å². The van der Waals surface area contributed by atoms with Crippen LogP contribution in [0.5, 0.6) is 5.75 Å². The van der Waals surface area contributed by atoms with Crippen molar-refractivity contribution in [2.75, 3.05) is 27.2 Å². The number of amides is 1. The second-order valence-electron chi connectivity index (χ2n) is 5.89. The average molecular weight is 326 g/mol. The number of nitrogens with one attached hydrogen (secondary N) is 1. The van der Waals surface area contributed by atoms with Crippen LogP contribution in [-0.4, -0.2) is 44.1 Å². The number of benzene rings is 2. The number of hydrogen-bond acceptors (Lipinski definition) is 3. The van der Waals surface area contributed by atoms with Crippen molar-refractivity contribution in [2.45, 2.75) is 19.4 Å². The second kappa shape index (κ2) is 9.08. The van der Waals surface area contributed by atoms with Crippen molar-refractivity contribution in [3.63, 3.8) is 0 Å². The van der Waals surface area contributed by atoms with Gasteiger partial charge in [0.25, 0.3) is 5.91 Å². The van der Waals surface area contributed by atoms with Gasteiger partial charge in [-0.3, -0.25) is 4.79 Å². The number of nitrogens with zero attached hydrogens (tertiary/aromatic N) is 1. The number of para-hydroxylation sites is 1. The molecule has 0 saturated heterocycles. The predicted octanol–water partition coefficient (Wildman–Crippen LogP) is 2.72. The third-order valence-electron chi connectivity index (χ3n) is 3.93. The summed E-state index contributed by atoms with van der Waals surface area (Å²) in [6.07, 6.45) is 0.275. The Labute approximate surface area is 144 Å². The third-order valence-corrected chi connectivity index (χ3v) is 3.93. The van der Waals surface area contributed by atoms with Crippen molar-refractivity contribution in [1.82, 2.24) is 10.2 Å². The van der Waals surface area contributed by atoms with E-state index in [4.69, 9.17) is 4.74 Å². The van der Waals surface area contributed by atoms with Gasteiger partial charge in [0, 0.05) is 26.6 Å². The summed E-state index contributed by atoms with van der Waals surface area (Å²) in [4.78, 5) is 14.1. The first-order chi connectivity index (χ1) is 11.6. The molecule has 1 unspecified atom stereocenters. The fraction of sp³-hybridized carbons (Fsp3) is 0.350. The van der Waals surface area contributed by atoms with Crippen molar-refractivity contribution < 1.29 is 9.53 Å². The molecular weight excluding hydrogens is 300 g/mol. The summed E-state index contributed by atoms with van der Waals surface area (Å²) >= 11 is 0. The Bertz CT molecular complexity index is 643. The molecule has 0 aliphatic heterocycles. The first kappa shape index (κ1) is 18.0. The van der Waals surface area contributed by atoms with Gasteiger partial charge < -0.3 is 15.0 Å². The number of likely N-dealkylation sites (N-methyl/N-ethyl adjacent to an activating group) is 2. The first-order valence-corrected chi connectivity index (χ1v) is 8.30. The molecule has 0 saturated carbocycles. The van der Waals surface area contributed by atoms with E-state index in [9.17, 15) is 4.79 Å². The van der Waals surface area contributed by atoms with Gasteiger partial charge in [-0.05, 0) is 31.2 Å². The molecule has 0 aliphatic carbocycles.